The van der Waals surface area contributed by atoms with Crippen LogP contribution in [0.3, 0.4) is 0 Å². The second-order valence-electron chi connectivity index (χ2n) is 7.54. The fourth-order valence-electron chi connectivity index (χ4n) is 3.82. The lowest BCUT2D eigenvalue weighted by molar-refractivity contribution is -0.137. The maximum atomic E-state index is 12.8. The molecule has 1 aliphatic heterocycles. The van der Waals surface area contributed by atoms with E-state index in [1.165, 1.54) is 17.0 Å². The zero-order chi connectivity index (χ0) is 20.7. The van der Waals surface area contributed by atoms with E-state index < -0.39 is 10.0 Å². The van der Waals surface area contributed by atoms with Gasteiger partial charge in [0.15, 0.2) is 0 Å². The van der Waals surface area contributed by atoms with Gasteiger partial charge in [-0.2, -0.15) is 0 Å². The highest BCUT2D eigenvalue weighted by Crippen LogP contribution is 2.23. The van der Waals surface area contributed by atoms with Crippen LogP contribution in [-0.4, -0.2) is 63.5 Å². The van der Waals surface area contributed by atoms with Gasteiger partial charge in [0.2, 0.25) is 21.8 Å². The molecule has 9 heteroatoms. The predicted molar refractivity (Wildman–Crippen MR) is 108 cm³/mol. The number of rotatable bonds is 9. The minimum atomic E-state index is -3.78. The minimum Gasteiger partial charge on any atom is -0.376 e. The molecule has 29 heavy (non-hydrogen) atoms. The molecule has 0 aromatic heterocycles. The van der Waals surface area contributed by atoms with Crippen LogP contribution in [0.15, 0.2) is 35.2 Å². The van der Waals surface area contributed by atoms with Gasteiger partial charge in [-0.15, -0.1) is 0 Å². The molecule has 1 aromatic carbocycles. The zero-order valence-electron chi connectivity index (χ0n) is 16.5. The quantitative estimate of drug-likeness (QED) is 0.617. The van der Waals surface area contributed by atoms with Crippen molar-refractivity contribution in [3.8, 4) is 0 Å². The second kappa shape index (κ2) is 10.2. The van der Waals surface area contributed by atoms with E-state index in [2.05, 4.69) is 10.0 Å². The Morgan fingerprint density at radius 1 is 1.07 bits per heavy atom. The third kappa shape index (κ3) is 6.25. The van der Waals surface area contributed by atoms with E-state index in [1.54, 1.807) is 18.2 Å². The van der Waals surface area contributed by atoms with Crippen molar-refractivity contribution in [1.82, 2.24) is 14.9 Å². The Labute approximate surface area is 172 Å². The van der Waals surface area contributed by atoms with Gasteiger partial charge in [0, 0.05) is 19.2 Å². The summed E-state index contributed by atoms with van der Waals surface area (Å²) >= 11 is 0. The summed E-state index contributed by atoms with van der Waals surface area (Å²) in [6.07, 6.45) is 5.62. The number of carbonyl (C=O) groups is 2. The number of amides is 2. The molecule has 1 aliphatic carbocycles. The molecular weight excluding hydrogens is 394 g/mol. The molecule has 1 heterocycles. The first-order chi connectivity index (χ1) is 14.0. The Hall–Kier alpha value is -1.97. The van der Waals surface area contributed by atoms with Crippen LogP contribution in [-0.2, 0) is 24.3 Å². The lowest BCUT2D eigenvalue weighted by atomic mass is 10.2. The molecule has 8 nitrogen and oxygen atoms in total. The largest absolute Gasteiger partial charge is 0.376 e. The highest BCUT2D eigenvalue weighted by atomic mass is 32.2. The summed E-state index contributed by atoms with van der Waals surface area (Å²) in [5.74, 6) is -0.629. The monoisotopic (exact) mass is 423 g/mol. The molecular formula is C20H29N3O5S. The zero-order valence-corrected chi connectivity index (χ0v) is 17.3. The molecule has 2 aliphatic rings. The molecule has 0 bridgehead atoms. The summed E-state index contributed by atoms with van der Waals surface area (Å²) in [6.45, 7) is 0.719. The van der Waals surface area contributed by atoms with Crippen molar-refractivity contribution in [3.05, 3.63) is 30.3 Å². The van der Waals surface area contributed by atoms with Gasteiger partial charge >= 0.3 is 0 Å². The third-order valence-electron chi connectivity index (χ3n) is 5.42. The van der Waals surface area contributed by atoms with Crippen molar-refractivity contribution in [2.24, 2.45) is 0 Å². The molecule has 2 amide bonds. The summed E-state index contributed by atoms with van der Waals surface area (Å²) < 4.78 is 32.6. The smallest absolute Gasteiger partial charge is 0.241 e. The van der Waals surface area contributed by atoms with Gasteiger partial charge in [0.05, 0.1) is 24.1 Å². The highest BCUT2D eigenvalue weighted by Gasteiger charge is 2.29. The maximum Gasteiger partial charge on any atom is 0.241 e. The fourth-order valence-corrected chi connectivity index (χ4v) is 4.82. The molecule has 1 aromatic rings. The summed E-state index contributed by atoms with van der Waals surface area (Å²) in [7, 11) is -3.78. The van der Waals surface area contributed by atoms with Crippen LogP contribution in [0.1, 0.15) is 38.5 Å². The number of ether oxygens (including phenoxy) is 1. The van der Waals surface area contributed by atoms with Crippen LogP contribution in [0.5, 0.6) is 0 Å². The number of sulfonamides is 1. The van der Waals surface area contributed by atoms with Crippen molar-refractivity contribution in [2.75, 3.05) is 26.2 Å². The second-order valence-corrected chi connectivity index (χ2v) is 9.30. The Kier molecular flexibility index (Phi) is 7.63. The molecule has 160 valence electrons. The molecule has 2 fully saturated rings. The Morgan fingerprint density at radius 3 is 2.45 bits per heavy atom. The van der Waals surface area contributed by atoms with E-state index in [-0.39, 0.29) is 41.9 Å². The Morgan fingerprint density at radius 2 is 1.79 bits per heavy atom. The van der Waals surface area contributed by atoms with E-state index in [1.807, 2.05) is 0 Å². The van der Waals surface area contributed by atoms with Crippen molar-refractivity contribution in [1.29, 1.82) is 0 Å². The number of carbonyl (C=O) groups excluding carboxylic acids is 2. The number of hydrogen-bond donors (Lipinski definition) is 2. The van der Waals surface area contributed by atoms with Crippen LogP contribution < -0.4 is 10.0 Å². The highest BCUT2D eigenvalue weighted by molar-refractivity contribution is 7.89. The number of benzene rings is 1. The molecule has 1 saturated heterocycles. The Balaban J connectivity index is 1.57. The standard InChI is InChI=1S/C20H29N3O5S/c24-19(21-13-17-9-6-12-28-17)15-23(16-7-4-5-8-16)20(25)14-22-29(26,27)18-10-2-1-3-11-18/h1-3,10-11,16-17,22H,4-9,12-15H2,(H,21,24)/t17-/m1/s1. The summed E-state index contributed by atoms with van der Waals surface area (Å²) in [5, 5.41) is 2.84. The van der Waals surface area contributed by atoms with Crippen LogP contribution in [0.4, 0.5) is 0 Å². The van der Waals surface area contributed by atoms with E-state index in [9.17, 15) is 18.0 Å². The Bertz CT molecular complexity index is 788. The summed E-state index contributed by atoms with van der Waals surface area (Å²) in [6, 6.07) is 7.89. The molecule has 0 spiro atoms. The SMILES string of the molecule is O=C(CN(C(=O)CNS(=O)(=O)c1ccccc1)C1CCCC1)NC[C@H]1CCCO1. The lowest BCUT2D eigenvalue weighted by Crippen LogP contribution is -2.49. The molecule has 0 unspecified atom stereocenters. The van der Waals surface area contributed by atoms with Gasteiger partial charge in [-0.25, -0.2) is 13.1 Å². The lowest BCUT2D eigenvalue weighted by Gasteiger charge is -2.28. The normalized spacial score (nSPS) is 19.9. The molecule has 0 radical (unpaired) electrons. The molecule has 1 saturated carbocycles. The van der Waals surface area contributed by atoms with E-state index in [4.69, 9.17) is 4.74 Å². The van der Waals surface area contributed by atoms with Crippen LogP contribution >= 0.6 is 0 Å². The minimum absolute atomic E-state index is 0.0304. The number of hydrogen-bond acceptors (Lipinski definition) is 5. The average molecular weight is 424 g/mol. The topological polar surface area (TPSA) is 105 Å². The maximum absolute atomic E-state index is 12.8. The van der Waals surface area contributed by atoms with Gasteiger partial charge < -0.3 is 15.0 Å². The van der Waals surface area contributed by atoms with Gasteiger partial charge in [0.1, 0.15) is 0 Å². The third-order valence-corrected chi connectivity index (χ3v) is 6.83. The van der Waals surface area contributed by atoms with Gasteiger partial charge in [-0.3, -0.25) is 9.59 Å². The van der Waals surface area contributed by atoms with E-state index in [0.717, 1.165) is 45.1 Å². The van der Waals surface area contributed by atoms with E-state index >= 15 is 0 Å². The van der Waals surface area contributed by atoms with Crippen molar-refractivity contribution in [3.63, 3.8) is 0 Å². The van der Waals surface area contributed by atoms with Crippen molar-refractivity contribution >= 4 is 21.8 Å². The van der Waals surface area contributed by atoms with E-state index in [0.29, 0.717) is 6.54 Å². The first kappa shape index (κ1) is 21.7. The molecule has 1 atom stereocenters. The van der Waals surface area contributed by atoms with Crippen molar-refractivity contribution < 1.29 is 22.7 Å². The fraction of sp³-hybridized carbons (Fsp3) is 0.600. The predicted octanol–water partition coefficient (Wildman–Crippen LogP) is 1.03. The molecule has 2 N–H and O–H groups in total. The van der Waals surface area contributed by atoms with Crippen molar-refractivity contribution in [2.45, 2.75) is 55.6 Å². The first-order valence-corrected chi connectivity index (χ1v) is 11.7. The van der Waals surface area contributed by atoms with Crippen LogP contribution in [0.2, 0.25) is 0 Å². The van der Waals surface area contributed by atoms with Gasteiger partial charge in [0.25, 0.3) is 0 Å². The number of nitrogens with one attached hydrogen (secondary N) is 2. The summed E-state index contributed by atoms with van der Waals surface area (Å²) in [4.78, 5) is 26.8. The first-order valence-electron chi connectivity index (χ1n) is 10.2. The number of nitrogens with zero attached hydrogens (tertiary/aromatic N) is 1. The summed E-state index contributed by atoms with van der Waals surface area (Å²) in [5.41, 5.74) is 0. The van der Waals surface area contributed by atoms with Gasteiger partial charge in [-0.05, 0) is 37.8 Å². The van der Waals surface area contributed by atoms with Gasteiger partial charge in [-0.1, -0.05) is 31.0 Å². The molecule has 3 rings (SSSR count). The van der Waals surface area contributed by atoms with Crippen LogP contribution in [0.25, 0.3) is 0 Å². The van der Waals surface area contributed by atoms with Crippen LogP contribution in [0, 0.1) is 0 Å². The average Bonchev–Trinajstić information content (AvgIpc) is 3.43.